The number of nitrogens with zero attached hydrogens (tertiary/aromatic N) is 2. The molecule has 4 heteroatoms. The zero-order valence-corrected chi connectivity index (χ0v) is 13.9. The Morgan fingerprint density at radius 3 is 2.91 bits per heavy atom. The van der Waals surface area contributed by atoms with E-state index in [0.717, 1.165) is 31.0 Å². The topological polar surface area (TPSA) is 39.1 Å². The summed E-state index contributed by atoms with van der Waals surface area (Å²) in [6.07, 6.45) is 4.60. The molecule has 2 aromatic rings. The molecule has 3 heterocycles. The lowest BCUT2D eigenvalue weighted by Crippen LogP contribution is -2.35. The monoisotopic (exact) mass is 311 g/mol. The van der Waals surface area contributed by atoms with Crippen molar-refractivity contribution in [2.75, 3.05) is 11.9 Å². The van der Waals surface area contributed by atoms with Gasteiger partial charge in [-0.1, -0.05) is 44.2 Å². The molecule has 0 amide bonds. The van der Waals surface area contributed by atoms with Gasteiger partial charge in [0, 0.05) is 25.3 Å². The van der Waals surface area contributed by atoms with E-state index in [1.807, 2.05) is 0 Å². The third-order valence-electron chi connectivity index (χ3n) is 4.88. The van der Waals surface area contributed by atoms with Crippen molar-refractivity contribution in [1.29, 1.82) is 0 Å². The molecule has 0 radical (unpaired) electrons. The summed E-state index contributed by atoms with van der Waals surface area (Å²) in [5, 5.41) is 8.58. The Bertz CT molecular complexity index is 665. The minimum Gasteiger partial charge on any atom is -0.375 e. The summed E-state index contributed by atoms with van der Waals surface area (Å²) in [4.78, 5) is 0. The van der Waals surface area contributed by atoms with Gasteiger partial charge < -0.3 is 10.1 Å². The smallest absolute Gasteiger partial charge is 0.115 e. The van der Waals surface area contributed by atoms with Crippen LogP contribution in [0.4, 0.5) is 5.69 Å². The molecule has 2 aliphatic rings. The van der Waals surface area contributed by atoms with E-state index in [9.17, 15) is 0 Å². The van der Waals surface area contributed by atoms with Gasteiger partial charge in [0.05, 0.1) is 11.7 Å². The number of hydrogen-bond donors (Lipinski definition) is 1. The number of hydrogen-bond acceptors (Lipinski definition) is 3. The van der Waals surface area contributed by atoms with Gasteiger partial charge in [-0.25, -0.2) is 0 Å². The van der Waals surface area contributed by atoms with E-state index in [1.54, 1.807) is 0 Å². The fourth-order valence-electron chi connectivity index (χ4n) is 3.92. The summed E-state index contributed by atoms with van der Waals surface area (Å²) in [5.41, 5.74) is 3.58. The molecule has 1 N–H and O–H groups in total. The van der Waals surface area contributed by atoms with E-state index in [2.05, 4.69) is 60.4 Å². The molecular weight excluding hydrogens is 286 g/mol. The van der Waals surface area contributed by atoms with Crippen LogP contribution in [0, 0.1) is 11.8 Å². The van der Waals surface area contributed by atoms with Gasteiger partial charge in [-0.2, -0.15) is 5.10 Å². The van der Waals surface area contributed by atoms with E-state index < -0.39 is 0 Å². The Balaban J connectivity index is 1.71. The molecule has 1 aromatic heterocycles. The normalized spacial score (nSPS) is 26.5. The third kappa shape index (κ3) is 2.76. The van der Waals surface area contributed by atoms with Crippen molar-refractivity contribution in [3.63, 3.8) is 0 Å². The Morgan fingerprint density at radius 2 is 2.13 bits per heavy atom. The second-order valence-electron chi connectivity index (χ2n) is 7.17. The maximum Gasteiger partial charge on any atom is 0.115 e. The standard InChI is InChI=1S/C19H25N3O/c1-13(2)11-22-12-16-18(21-22)19-15(9-6-10-23-19)17(20-16)14-7-4-3-5-8-14/h3-5,7-8,12-13,15,17,19-20H,6,9-11H2,1-2H3. The van der Waals surface area contributed by atoms with Gasteiger partial charge in [0.15, 0.2) is 0 Å². The molecule has 4 rings (SSSR count). The predicted molar refractivity (Wildman–Crippen MR) is 91.3 cm³/mol. The summed E-state index contributed by atoms with van der Waals surface area (Å²) in [6.45, 7) is 6.24. The molecule has 1 aromatic carbocycles. The highest BCUT2D eigenvalue weighted by Crippen LogP contribution is 2.48. The minimum atomic E-state index is 0.124. The van der Waals surface area contributed by atoms with Crippen LogP contribution in [0.15, 0.2) is 36.5 Å². The molecule has 1 fully saturated rings. The predicted octanol–water partition coefficient (Wildman–Crippen LogP) is 4.17. The molecule has 3 atom stereocenters. The number of rotatable bonds is 3. The lowest BCUT2D eigenvalue weighted by molar-refractivity contribution is -0.0408. The molecule has 23 heavy (non-hydrogen) atoms. The maximum absolute atomic E-state index is 6.16. The average Bonchev–Trinajstić information content (AvgIpc) is 2.96. The van der Waals surface area contributed by atoms with Crippen LogP contribution in [0.5, 0.6) is 0 Å². The molecule has 3 unspecified atom stereocenters. The van der Waals surface area contributed by atoms with Crippen LogP contribution < -0.4 is 5.32 Å². The van der Waals surface area contributed by atoms with Crippen LogP contribution in [0.3, 0.4) is 0 Å². The maximum atomic E-state index is 6.16. The molecule has 0 spiro atoms. The Hall–Kier alpha value is -1.81. The lowest BCUT2D eigenvalue weighted by Gasteiger charge is -2.41. The molecule has 1 saturated heterocycles. The first kappa shape index (κ1) is 14.8. The molecule has 4 nitrogen and oxygen atoms in total. The molecule has 0 saturated carbocycles. The number of ether oxygens (including phenoxy) is 1. The average molecular weight is 311 g/mol. The van der Waals surface area contributed by atoms with Crippen LogP contribution in [0.2, 0.25) is 0 Å². The van der Waals surface area contributed by atoms with E-state index in [1.165, 1.54) is 12.0 Å². The Labute approximate surface area is 137 Å². The zero-order chi connectivity index (χ0) is 15.8. The van der Waals surface area contributed by atoms with Gasteiger partial charge in [0.25, 0.3) is 0 Å². The number of nitrogens with one attached hydrogen (secondary N) is 1. The fourth-order valence-corrected chi connectivity index (χ4v) is 3.92. The molecule has 0 bridgehead atoms. The van der Waals surface area contributed by atoms with Gasteiger partial charge >= 0.3 is 0 Å². The number of anilines is 1. The zero-order valence-electron chi connectivity index (χ0n) is 13.9. The highest BCUT2D eigenvalue weighted by Gasteiger charge is 2.41. The first-order valence-electron chi connectivity index (χ1n) is 8.73. The van der Waals surface area contributed by atoms with Gasteiger partial charge in [0.1, 0.15) is 11.8 Å². The van der Waals surface area contributed by atoms with Crippen molar-refractivity contribution < 1.29 is 4.74 Å². The first-order valence-corrected chi connectivity index (χ1v) is 8.73. The summed E-state index contributed by atoms with van der Waals surface area (Å²) in [7, 11) is 0. The Kier molecular flexibility index (Phi) is 3.85. The summed E-state index contributed by atoms with van der Waals surface area (Å²) in [5.74, 6) is 1.05. The fraction of sp³-hybridized carbons (Fsp3) is 0.526. The van der Waals surface area contributed by atoms with Gasteiger partial charge in [0.2, 0.25) is 0 Å². The van der Waals surface area contributed by atoms with E-state index in [4.69, 9.17) is 9.84 Å². The summed E-state index contributed by atoms with van der Waals surface area (Å²) in [6, 6.07) is 11.1. The first-order chi connectivity index (χ1) is 11.2. The van der Waals surface area contributed by atoms with Crippen LogP contribution >= 0.6 is 0 Å². The van der Waals surface area contributed by atoms with E-state index in [0.29, 0.717) is 17.9 Å². The third-order valence-corrected chi connectivity index (χ3v) is 4.88. The van der Waals surface area contributed by atoms with Crippen molar-refractivity contribution in [3.8, 4) is 0 Å². The van der Waals surface area contributed by atoms with Crippen LogP contribution in [-0.2, 0) is 11.3 Å². The SMILES string of the molecule is CC(C)Cn1cc2c(n1)C1OCCCC1C(c1ccccc1)N2. The number of benzene rings is 1. The van der Waals surface area contributed by atoms with Gasteiger partial charge in [-0.3, -0.25) is 4.68 Å². The highest BCUT2D eigenvalue weighted by atomic mass is 16.5. The van der Waals surface area contributed by atoms with Crippen LogP contribution in [0.1, 0.15) is 50.1 Å². The van der Waals surface area contributed by atoms with Crippen molar-refractivity contribution in [2.24, 2.45) is 11.8 Å². The van der Waals surface area contributed by atoms with Crippen molar-refractivity contribution in [3.05, 3.63) is 47.8 Å². The van der Waals surface area contributed by atoms with Crippen molar-refractivity contribution >= 4 is 5.69 Å². The quantitative estimate of drug-likeness (QED) is 0.924. The van der Waals surface area contributed by atoms with Crippen molar-refractivity contribution in [2.45, 2.75) is 45.4 Å². The largest absolute Gasteiger partial charge is 0.375 e. The van der Waals surface area contributed by atoms with Crippen LogP contribution in [-0.4, -0.2) is 16.4 Å². The molecule has 0 aliphatic carbocycles. The van der Waals surface area contributed by atoms with E-state index >= 15 is 0 Å². The van der Waals surface area contributed by atoms with Crippen LogP contribution in [0.25, 0.3) is 0 Å². The minimum absolute atomic E-state index is 0.124. The molecule has 2 aliphatic heterocycles. The van der Waals surface area contributed by atoms with E-state index in [-0.39, 0.29) is 6.10 Å². The second kappa shape index (κ2) is 6.00. The summed E-state index contributed by atoms with van der Waals surface area (Å²) >= 11 is 0. The van der Waals surface area contributed by atoms with Gasteiger partial charge in [-0.15, -0.1) is 0 Å². The summed E-state index contributed by atoms with van der Waals surface area (Å²) < 4.78 is 8.24. The second-order valence-corrected chi connectivity index (χ2v) is 7.17. The number of fused-ring (bicyclic) bond motifs is 3. The van der Waals surface area contributed by atoms with Gasteiger partial charge in [-0.05, 0) is 24.3 Å². The molecule has 122 valence electrons. The lowest BCUT2D eigenvalue weighted by atomic mass is 9.79. The van der Waals surface area contributed by atoms with Crippen molar-refractivity contribution in [1.82, 2.24) is 9.78 Å². The highest BCUT2D eigenvalue weighted by molar-refractivity contribution is 5.53. The molecular formula is C19H25N3O. The number of aromatic nitrogens is 2. The Morgan fingerprint density at radius 1 is 1.30 bits per heavy atom.